The van der Waals surface area contributed by atoms with Crippen molar-refractivity contribution in [2.45, 2.75) is 25.2 Å². The molecular weight excluding hydrogens is 286 g/mol. The Kier molecular flexibility index (Phi) is 5.61. The van der Waals surface area contributed by atoms with Gasteiger partial charge >= 0.3 is 0 Å². The minimum Gasteiger partial charge on any atom is -0.384 e. The summed E-state index contributed by atoms with van der Waals surface area (Å²) in [5, 5.41) is 3.13. The Balaban J connectivity index is 2.16. The van der Waals surface area contributed by atoms with Gasteiger partial charge in [0.25, 0.3) is 0 Å². The van der Waals surface area contributed by atoms with E-state index < -0.39 is 10.0 Å². The second-order valence-electron chi connectivity index (χ2n) is 5.27. The predicted molar refractivity (Wildman–Crippen MR) is 86.1 cm³/mol. The highest BCUT2D eigenvalue weighted by atomic mass is 32.2. The summed E-state index contributed by atoms with van der Waals surface area (Å²) in [6.07, 6.45) is 1.11. The Hall–Kier alpha value is -1.11. The lowest BCUT2D eigenvalue weighted by molar-refractivity contribution is 0.188. The Bertz CT molecular complexity index is 552. The maximum absolute atomic E-state index is 12.8. The summed E-state index contributed by atoms with van der Waals surface area (Å²) >= 11 is 0. The van der Waals surface area contributed by atoms with Crippen molar-refractivity contribution in [1.82, 2.24) is 9.21 Å². The first-order valence-corrected chi connectivity index (χ1v) is 9.09. The van der Waals surface area contributed by atoms with Crippen molar-refractivity contribution in [3.8, 4) is 0 Å². The minimum atomic E-state index is -3.41. The fourth-order valence-electron chi connectivity index (χ4n) is 2.68. The number of piperazine rings is 1. The fourth-order valence-corrected chi connectivity index (χ4v) is 4.27. The molecule has 1 heterocycles. The average molecular weight is 311 g/mol. The summed E-state index contributed by atoms with van der Waals surface area (Å²) in [6.45, 7) is 8.64. The molecule has 1 saturated heterocycles. The maximum Gasteiger partial charge on any atom is 0.245 e. The molecule has 0 saturated carbocycles. The molecule has 2 rings (SSSR count). The molecule has 0 aliphatic carbocycles. The van der Waals surface area contributed by atoms with E-state index in [2.05, 4.69) is 17.1 Å². The standard InChI is InChI=1S/C15H25N3O2S/c1-3-9-17-10-12-18(13-11-17)21(19,20)15-8-6-5-7-14(15)16-4-2/h5-8,16H,3-4,9-13H2,1-2H3. The average Bonchev–Trinajstić information content (AvgIpc) is 2.49. The smallest absolute Gasteiger partial charge is 0.245 e. The summed E-state index contributed by atoms with van der Waals surface area (Å²) in [5.41, 5.74) is 0.691. The lowest BCUT2D eigenvalue weighted by atomic mass is 10.3. The van der Waals surface area contributed by atoms with Crippen LogP contribution in [0.1, 0.15) is 20.3 Å². The lowest BCUT2D eigenvalue weighted by Gasteiger charge is -2.34. The largest absolute Gasteiger partial charge is 0.384 e. The zero-order valence-corrected chi connectivity index (χ0v) is 13.7. The number of rotatable bonds is 6. The molecule has 6 heteroatoms. The number of benzene rings is 1. The van der Waals surface area contributed by atoms with Crippen molar-refractivity contribution in [2.75, 3.05) is 44.6 Å². The quantitative estimate of drug-likeness (QED) is 0.871. The molecule has 1 aliphatic heterocycles. The molecule has 5 nitrogen and oxygen atoms in total. The Morgan fingerprint density at radius 2 is 1.76 bits per heavy atom. The fraction of sp³-hybridized carbons (Fsp3) is 0.600. The molecule has 0 aromatic heterocycles. The lowest BCUT2D eigenvalue weighted by Crippen LogP contribution is -2.48. The summed E-state index contributed by atoms with van der Waals surface area (Å²) < 4.78 is 27.2. The first-order valence-electron chi connectivity index (χ1n) is 7.65. The van der Waals surface area contributed by atoms with Crippen molar-refractivity contribution >= 4 is 15.7 Å². The van der Waals surface area contributed by atoms with Gasteiger partial charge in [0.15, 0.2) is 0 Å². The molecule has 118 valence electrons. The number of sulfonamides is 1. The van der Waals surface area contributed by atoms with Crippen molar-refractivity contribution in [3.05, 3.63) is 24.3 Å². The third kappa shape index (κ3) is 3.75. The van der Waals surface area contributed by atoms with Gasteiger partial charge in [-0.3, -0.25) is 0 Å². The second kappa shape index (κ2) is 7.24. The van der Waals surface area contributed by atoms with E-state index in [9.17, 15) is 8.42 Å². The molecule has 1 aromatic carbocycles. The van der Waals surface area contributed by atoms with Crippen LogP contribution in [-0.4, -0.2) is 56.9 Å². The highest BCUT2D eigenvalue weighted by Gasteiger charge is 2.29. The first kappa shape index (κ1) is 16.3. The Morgan fingerprint density at radius 3 is 2.38 bits per heavy atom. The van der Waals surface area contributed by atoms with Gasteiger partial charge in [0, 0.05) is 32.7 Å². The number of nitrogens with one attached hydrogen (secondary N) is 1. The van der Waals surface area contributed by atoms with Crippen molar-refractivity contribution in [3.63, 3.8) is 0 Å². The summed E-state index contributed by atoms with van der Waals surface area (Å²) in [6, 6.07) is 7.15. The van der Waals surface area contributed by atoms with Gasteiger partial charge in [0.1, 0.15) is 4.90 Å². The van der Waals surface area contributed by atoms with Crippen LogP contribution in [0.4, 0.5) is 5.69 Å². The number of anilines is 1. The number of hydrogen-bond donors (Lipinski definition) is 1. The number of hydrogen-bond acceptors (Lipinski definition) is 4. The van der Waals surface area contributed by atoms with Gasteiger partial charge < -0.3 is 10.2 Å². The van der Waals surface area contributed by atoms with E-state index in [-0.39, 0.29) is 0 Å². The third-order valence-electron chi connectivity index (χ3n) is 3.74. The summed E-state index contributed by atoms with van der Waals surface area (Å²) in [5.74, 6) is 0. The van der Waals surface area contributed by atoms with Gasteiger partial charge in [-0.2, -0.15) is 4.31 Å². The van der Waals surface area contributed by atoms with Crippen LogP contribution in [0.15, 0.2) is 29.2 Å². The van der Waals surface area contributed by atoms with Gasteiger partial charge in [-0.05, 0) is 32.0 Å². The van der Waals surface area contributed by atoms with E-state index in [1.54, 1.807) is 16.4 Å². The van der Waals surface area contributed by atoms with Crippen LogP contribution in [0.3, 0.4) is 0 Å². The molecule has 0 radical (unpaired) electrons. The molecule has 0 bridgehead atoms. The highest BCUT2D eigenvalue weighted by molar-refractivity contribution is 7.89. The van der Waals surface area contributed by atoms with E-state index in [0.29, 0.717) is 30.2 Å². The normalized spacial score (nSPS) is 17.8. The number of nitrogens with zero attached hydrogens (tertiary/aromatic N) is 2. The van der Waals surface area contributed by atoms with E-state index in [0.717, 1.165) is 26.1 Å². The van der Waals surface area contributed by atoms with Crippen molar-refractivity contribution in [1.29, 1.82) is 0 Å². The first-order chi connectivity index (χ1) is 10.1. The third-order valence-corrected chi connectivity index (χ3v) is 5.70. The van der Waals surface area contributed by atoms with Gasteiger partial charge in [0.05, 0.1) is 5.69 Å². The van der Waals surface area contributed by atoms with Gasteiger partial charge in [-0.1, -0.05) is 19.1 Å². The summed E-state index contributed by atoms with van der Waals surface area (Å²) in [7, 11) is -3.41. The van der Waals surface area contributed by atoms with Crippen molar-refractivity contribution < 1.29 is 8.42 Å². The molecule has 0 spiro atoms. The van der Waals surface area contributed by atoms with E-state index in [1.165, 1.54) is 0 Å². The molecule has 1 aliphatic rings. The minimum absolute atomic E-state index is 0.385. The summed E-state index contributed by atoms with van der Waals surface area (Å²) in [4.78, 5) is 2.71. The zero-order valence-electron chi connectivity index (χ0n) is 12.9. The zero-order chi connectivity index (χ0) is 15.3. The predicted octanol–water partition coefficient (Wildman–Crippen LogP) is 1.83. The monoisotopic (exact) mass is 311 g/mol. The van der Waals surface area contributed by atoms with Crippen LogP contribution < -0.4 is 5.32 Å². The molecule has 0 unspecified atom stereocenters. The molecule has 21 heavy (non-hydrogen) atoms. The maximum atomic E-state index is 12.8. The SMILES string of the molecule is CCCN1CCN(S(=O)(=O)c2ccccc2NCC)CC1. The molecular formula is C15H25N3O2S. The molecule has 0 amide bonds. The van der Waals surface area contributed by atoms with Gasteiger partial charge in [-0.15, -0.1) is 0 Å². The van der Waals surface area contributed by atoms with E-state index in [1.807, 2.05) is 19.1 Å². The van der Waals surface area contributed by atoms with E-state index in [4.69, 9.17) is 0 Å². The Morgan fingerprint density at radius 1 is 1.10 bits per heavy atom. The van der Waals surface area contributed by atoms with Crippen LogP contribution in [0.25, 0.3) is 0 Å². The molecule has 1 fully saturated rings. The van der Waals surface area contributed by atoms with Crippen LogP contribution in [0, 0.1) is 0 Å². The van der Waals surface area contributed by atoms with Gasteiger partial charge in [-0.25, -0.2) is 8.42 Å². The van der Waals surface area contributed by atoms with Crippen LogP contribution in [-0.2, 0) is 10.0 Å². The van der Waals surface area contributed by atoms with E-state index >= 15 is 0 Å². The van der Waals surface area contributed by atoms with Crippen LogP contribution in [0.2, 0.25) is 0 Å². The topological polar surface area (TPSA) is 52.7 Å². The van der Waals surface area contributed by atoms with Crippen LogP contribution >= 0.6 is 0 Å². The van der Waals surface area contributed by atoms with Gasteiger partial charge in [0.2, 0.25) is 10.0 Å². The number of para-hydroxylation sites is 1. The highest BCUT2D eigenvalue weighted by Crippen LogP contribution is 2.25. The van der Waals surface area contributed by atoms with Crippen LogP contribution in [0.5, 0.6) is 0 Å². The molecule has 0 atom stereocenters. The second-order valence-corrected chi connectivity index (χ2v) is 7.18. The Labute approximate surface area is 128 Å². The molecule has 1 aromatic rings. The molecule has 1 N–H and O–H groups in total. The van der Waals surface area contributed by atoms with Crippen molar-refractivity contribution in [2.24, 2.45) is 0 Å².